The Labute approximate surface area is 103 Å². The monoisotopic (exact) mass is 263 g/mol. The Morgan fingerprint density at radius 1 is 1.44 bits per heavy atom. The van der Waals surface area contributed by atoms with E-state index in [1.807, 2.05) is 6.92 Å². The van der Waals surface area contributed by atoms with E-state index in [1.54, 1.807) is 0 Å². The van der Waals surface area contributed by atoms with E-state index in [0.717, 1.165) is 25.8 Å². The van der Waals surface area contributed by atoms with Gasteiger partial charge in [0.05, 0.1) is 0 Å². The van der Waals surface area contributed by atoms with Crippen molar-refractivity contribution >= 4 is 0 Å². The standard InChI is InChI=1S/C11H16F3N3O/c1-2-5-15-8(7-3-4-7)6-9-16-10(17-18-9)11(12,13)14/h7-8,15H,2-6H2,1H3. The number of rotatable bonds is 6. The highest BCUT2D eigenvalue weighted by Gasteiger charge is 2.38. The largest absolute Gasteiger partial charge is 0.455 e. The van der Waals surface area contributed by atoms with Crippen LogP contribution < -0.4 is 5.32 Å². The van der Waals surface area contributed by atoms with Crippen LogP contribution >= 0.6 is 0 Å². The summed E-state index contributed by atoms with van der Waals surface area (Å²) in [5.74, 6) is -0.608. The quantitative estimate of drug-likeness (QED) is 0.856. The van der Waals surface area contributed by atoms with Crippen molar-refractivity contribution in [2.75, 3.05) is 6.54 Å². The fourth-order valence-electron chi connectivity index (χ4n) is 1.87. The summed E-state index contributed by atoms with van der Waals surface area (Å²) >= 11 is 0. The predicted molar refractivity (Wildman–Crippen MR) is 57.8 cm³/mol. The number of nitrogens with zero attached hydrogens (tertiary/aromatic N) is 2. The lowest BCUT2D eigenvalue weighted by Gasteiger charge is -2.15. The zero-order valence-corrected chi connectivity index (χ0v) is 10.1. The van der Waals surface area contributed by atoms with E-state index < -0.39 is 12.0 Å². The highest BCUT2D eigenvalue weighted by atomic mass is 19.4. The minimum atomic E-state index is -4.53. The third-order valence-electron chi connectivity index (χ3n) is 2.96. The molecule has 1 atom stereocenters. The molecule has 1 saturated carbocycles. The van der Waals surface area contributed by atoms with Crippen LogP contribution in [-0.2, 0) is 12.6 Å². The van der Waals surface area contributed by atoms with Crippen molar-refractivity contribution in [1.82, 2.24) is 15.5 Å². The summed E-state index contributed by atoms with van der Waals surface area (Å²) in [7, 11) is 0. The molecule has 0 aromatic carbocycles. The molecule has 0 amide bonds. The van der Waals surface area contributed by atoms with Crippen molar-refractivity contribution in [3.05, 3.63) is 11.7 Å². The minimum Gasteiger partial charge on any atom is -0.339 e. The van der Waals surface area contributed by atoms with Gasteiger partial charge in [-0.25, -0.2) is 0 Å². The average molecular weight is 263 g/mol. The van der Waals surface area contributed by atoms with Gasteiger partial charge in [-0.3, -0.25) is 0 Å². The van der Waals surface area contributed by atoms with Gasteiger partial charge in [-0.15, -0.1) is 0 Å². The van der Waals surface area contributed by atoms with Crippen LogP contribution in [0.25, 0.3) is 0 Å². The van der Waals surface area contributed by atoms with Gasteiger partial charge in [0.1, 0.15) is 0 Å². The predicted octanol–water partition coefficient (Wildman–Crippen LogP) is 2.41. The van der Waals surface area contributed by atoms with E-state index in [-0.39, 0.29) is 11.9 Å². The molecule has 1 aromatic rings. The molecule has 1 N–H and O–H groups in total. The Kier molecular flexibility index (Phi) is 3.89. The van der Waals surface area contributed by atoms with Crippen molar-refractivity contribution in [1.29, 1.82) is 0 Å². The Morgan fingerprint density at radius 3 is 2.67 bits per heavy atom. The second-order valence-electron chi connectivity index (χ2n) is 4.61. The molecule has 1 aliphatic rings. The first-order valence-corrected chi connectivity index (χ1v) is 6.14. The molecular weight excluding hydrogens is 247 g/mol. The van der Waals surface area contributed by atoms with E-state index in [2.05, 4.69) is 20.0 Å². The molecule has 0 bridgehead atoms. The topological polar surface area (TPSA) is 51.0 Å². The lowest BCUT2D eigenvalue weighted by Crippen LogP contribution is -2.33. The van der Waals surface area contributed by atoms with Crippen LogP contribution in [0.2, 0.25) is 0 Å². The lowest BCUT2D eigenvalue weighted by molar-refractivity contribution is -0.146. The molecule has 7 heteroatoms. The van der Waals surface area contributed by atoms with Crippen molar-refractivity contribution in [3.8, 4) is 0 Å². The Bertz CT molecular complexity index is 387. The molecule has 1 fully saturated rings. The first-order chi connectivity index (χ1) is 8.50. The van der Waals surface area contributed by atoms with Gasteiger partial charge in [-0.1, -0.05) is 12.1 Å². The molecule has 102 valence electrons. The van der Waals surface area contributed by atoms with Crippen LogP contribution in [0.4, 0.5) is 13.2 Å². The molecule has 1 unspecified atom stereocenters. The van der Waals surface area contributed by atoms with Gasteiger partial charge in [0.2, 0.25) is 5.89 Å². The molecular formula is C11H16F3N3O. The summed E-state index contributed by atoms with van der Waals surface area (Å²) in [6.45, 7) is 2.90. The van der Waals surface area contributed by atoms with Crippen molar-refractivity contribution in [2.45, 2.75) is 44.8 Å². The third kappa shape index (κ3) is 3.44. The van der Waals surface area contributed by atoms with Gasteiger partial charge in [-0.2, -0.15) is 18.2 Å². The minimum absolute atomic E-state index is 0.0582. The highest BCUT2D eigenvalue weighted by molar-refractivity contribution is 4.96. The number of alkyl halides is 3. The van der Waals surface area contributed by atoms with Gasteiger partial charge < -0.3 is 9.84 Å². The maximum atomic E-state index is 12.3. The van der Waals surface area contributed by atoms with Crippen molar-refractivity contribution < 1.29 is 17.7 Å². The van der Waals surface area contributed by atoms with Crippen molar-refractivity contribution in [3.63, 3.8) is 0 Å². The molecule has 0 radical (unpaired) electrons. The number of halogens is 3. The lowest BCUT2D eigenvalue weighted by atomic mass is 10.1. The van der Waals surface area contributed by atoms with E-state index in [4.69, 9.17) is 0 Å². The summed E-state index contributed by atoms with van der Waals surface area (Å²) in [5, 5.41) is 6.28. The Balaban J connectivity index is 1.96. The molecule has 18 heavy (non-hydrogen) atoms. The van der Waals surface area contributed by atoms with Gasteiger partial charge >= 0.3 is 6.18 Å². The SMILES string of the molecule is CCCNC(Cc1nc(C(F)(F)F)no1)C1CC1. The van der Waals surface area contributed by atoms with Crippen LogP contribution in [0.1, 0.15) is 37.9 Å². The molecule has 1 aromatic heterocycles. The Hall–Kier alpha value is -1.11. The highest BCUT2D eigenvalue weighted by Crippen LogP contribution is 2.34. The third-order valence-corrected chi connectivity index (χ3v) is 2.96. The van der Waals surface area contributed by atoms with E-state index in [9.17, 15) is 13.2 Å². The molecule has 4 nitrogen and oxygen atoms in total. The fraction of sp³-hybridized carbons (Fsp3) is 0.818. The summed E-state index contributed by atoms with van der Waals surface area (Å²) in [6.07, 6.45) is -0.953. The molecule has 2 rings (SSSR count). The maximum absolute atomic E-state index is 12.3. The van der Waals surface area contributed by atoms with Gasteiger partial charge in [0.25, 0.3) is 5.82 Å². The van der Waals surface area contributed by atoms with Crippen LogP contribution in [0.15, 0.2) is 4.52 Å². The summed E-state index contributed by atoms with van der Waals surface area (Å²) in [4.78, 5) is 3.40. The number of hydrogen-bond donors (Lipinski definition) is 1. The summed E-state index contributed by atoms with van der Waals surface area (Å²) < 4.78 is 41.6. The Morgan fingerprint density at radius 2 is 2.17 bits per heavy atom. The number of aromatic nitrogens is 2. The molecule has 0 spiro atoms. The van der Waals surface area contributed by atoms with Crippen LogP contribution in [0.3, 0.4) is 0 Å². The van der Waals surface area contributed by atoms with Crippen LogP contribution in [-0.4, -0.2) is 22.7 Å². The van der Waals surface area contributed by atoms with E-state index >= 15 is 0 Å². The average Bonchev–Trinajstić information content (AvgIpc) is 3.02. The number of nitrogens with one attached hydrogen (secondary N) is 1. The zero-order chi connectivity index (χ0) is 13.2. The molecule has 0 aliphatic heterocycles. The summed E-state index contributed by atoms with van der Waals surface area (Å²) in [6, 6.07) is 0.145. The normalized spacial score (nSPS) is 18.0. The fourth-order valence-corrected chi connectivity index (χ4v) is 1.87. The molecule has 1 heterocycles. The second kappa shape index (κ2) is 5.26. The second-order valence-corrected chi connectivity index (χ2v) is 4.61. The van der Waals surface area contributed by atoms with Gasteiger partial charge in [0, 0.05) is 12.5 Å². The molecule has 0 saturated heterocycles. The zero-order valence-electron chi connectivity index (χ0n) is 10.1. The molecule has 1 aliphatic carbocycles. The van der Waals surface area contributed by atoms with Crippen LogP contribution in [0.5, 0.6) is 0 Å². The number of hydrogen-bond acceptors (Lipinski definition) is 4. The first-order valence-electron chi connectivity index (χ1n) is 6.14. The van der Waals surface area contributed by atoms with E-state index in [0.29, 0.717) is 12.3 Å². The van der Waals surface area contributed by atoms with Gasteiger partial charge in [-0.05, 0) is 31.7 Å². The first kappa shape index (κ1) is 13.3. The summed E-state index contributed by atoms with van der Waals surface area (Å²) in [5.41, 5.74) is 0. The smallest absolute Gasteiger partial charge is 0.339 e. The van der Waals surface area contributed by atoms with Crippen LogP contribution in [0, 0.1) is 5.92 Å². The van der Waals surface area contributed by atoms with Crippen molar-refractivity contribution in [2.24, 2.45) is 5.92 Å². The van der Waals surface area contributed by atoms with E-state index in [1.165, 1.54) is 0 Å². The van der Waals surface area contributed by atoms with Gasteiger partial charge in [0.15, 0.2) is 0 Å². The maximum Gasteiger partial charge on any atom is 0.455 e.